The highest BCUT2D eigenvalue weighted by Gasteiger charge is 2.31. The van der Waals surface area contributed by atoms with Gasteiger partial charge in [-0.2, -0.15) is 0 Å². The minimum atomic E-state index is 0.317. The van der Waals surface area contributed by atoms with Crippen molar-refractivity contribution in [2.24, 2.45) is 5.16 Å². The molecule has 0 radical (unpaired) electrons. The van der Waals surface area contributed by atoms with E-state index in [1.807, 2.05) is 6.07 Å². The molecule has 1 unspecified atom stereocenters. The van der Waals surface area contributed by atoms with E-state index in [1.54, 1.807) is 0 Å². The molecule has 1 aliphatic heterocycles. The highest BCUT2D eigenvalue weighted by Crippen LogP contribution is 2.27. The van der Waals surface area contributed by atoms with Gasteiger partial charge in [-0.3, -0.25) is 4.90 Å². The van der Waals surface area contributed by atoms with Gasteiger partial charge in [-0.05, 0) is 44.3 Å². The summed E-state index contributed by atoms with van der Waals surface area (Å²) < 4.78 is 0. The third-order valence-corrected chi connectivity index (χ3v) is 3.99. The van der Waals surface area contributed by atoms with Crippen LogP contribution in [0.5, 0.6) is 0 Å². The maximum absolute atomic E-state index is 9.33. The number of oxime groups is 1. The number of hydrogen-bond donors (Lipinski definition) is 1. The van der Waals surface area contributed by atoms with Gasteiger partial charge in [-0.15, -0.1) is 0 Å². The molecule has 17 heavy (non-hydrogen) atoms. The highest BCUT2D eigenvalue weighted by atomic mass is 16.4. The van der Waals surface area contributed by atoms with Crippen molar-refractivity contribution < 1.29 is 5.21 Å². The molecule has 1 N–H and O–H groups in total. The molecule has 1 aromatic rings. The first-order valence-electron chi connectivity index (χ1n) is 6.44. The van der Waals surface area contributed by atoms with Gasteiger partial charge in [0.25, 0.3) is 0 Å². The summed E-state index contributed by atoms with van der Waals surface area (Å²) >= 11 is 0. The Bertz CT molecular complexity index is 436. The van der Waals surface area contributed by atoms with Crippen molar-refractivity contribution >= 4 is 5.71 Å². The molecule has 90 valence electrons. The lowest BCUT2D eigenvalue weighted by Crippen LogP contribution is -2.42. The fourth-order valence-corrected chi connectivity index (χ4v) is 3.13. The van der Waals surface area contributed by atoms with E-state index in [0.29, 0.717) is 6.04 Å². The lowest BCUT2D eigenvalue weighted by molar-refractivity contribution is 0.267. The summed E-state index contributed by atoms with van der Waals surface area (Å²) in [6.07, 6.45) is 4.72. The number of rotatable bonds is 1. The summed E-state index contributed by atoms with van der Waals surface area (Å²) in [5.74, 6) is 0. The fourth-order valence-electron chi connectivity index (χ4n) is 3.13. The number of nitrogens with zero attached hydrogens (tertiary/aromatic N) is 2. The van der Waals surface area contributed by atoms with Crippen LogP contribution >= 0.6 is 0 Å². The Kier molecular flexibility index (Phi) is 2.85. The van der Waals surface area contributed by atoms with Crippen molar-refractivity contribution in [3.63, 3.8) is 0 Å². The van der Waals surface area contributed by atoms with E-state index in [2.05, 4.69) is 28.3 Å². The lowest BCUT2D eigenvalue weighted by Gasteiger charge is -2.32. The lowest BCUT2D eigenvalue weighted by atomic mass is 9.86. The van der Waals surface area contributed by atoms with Gasteiger partial charge in [0.2, 0.25) is 0 Å². The predicted molar refractivity (Wildman–Crippen MR) is 67.7 cm³/mol. The average Bonchev–Trinajstić information content (AvgIpc) is 2.91. The summed E-state index contributed by atoms with van der Waals surface area (Å²) in [6, 6.07) is 8.62. The molecule has 1 heterocycles. The molecule has 0 saturated carbocycles. The van der Waals surface area contributed by atoms with Crippen LogP contribution in [0.15, 0.2) is 29.4 Å². The predicted octanol–water partition coefficient (Wildman–Crippen LogP) is 2.28. The first-order chi connectivity index (χ1) is 8.40. The van der Waals surface area contributed by atoms with Gasteiger partial charge >= 0.3 is 0 Å². The van der Waals surface area contributed by atoms with E-state index in [4.69, 9.17) is 0 Å². The van der Waals surface area contributed by atoms with E-state index in [9.17, 15) is 5.21 Å². The van der Waals surface area contributed by atoms with Gasteiger partial charge in [0.15, 0.2) is 0 Å². The monoisotopic (exact) mass is 230 g/mol. The molecule has 2 aliphatic rings. The van der Waals surface area contributed by atoms with Gasteiger partial charge < -0.3 is 5.21 Å². The zero-order valence-electron chi connectivity index (χ0n) is 9.97. The van der Waals surface area contributed by atoms with Gasteiger partial charge in [0, 0.05) is 5.56 Å². The Morgan fingerprint density at radius 3 is 2.71 bits per heavy atom. The summed E-state index contributed by atoms with van der Waals surface area (Å²) in [4.78, 5) is 2.46. The Morgan fingerprint density at radius 1 is 1.18 bits per heavy atom. The van der Waals surface area contributed by atoms with Crippen molar-refractivity contribution in [1.29, 1.82) is 0 Å². The number of hydrogen-bond acceptors (Lipinski definition) is 3. The molecule has 1 aromatic carbocycles. The summed E-state index contributed by atoms with van der Waals surface area (Å²) in [5, 5.41) is 12.9. The van der Waals surface area contributed by atoms with Crippen LogP contribution in [0.3, 0.4) is 0 Å². The number of fused-ring (bicyclic) bond motifs is 1. The Labute approximate surface area is 102 Å². The first-order valence-corrected chi connectivity index (χ1v) is 6.44. The Morgan fingerprint density at radius 2 is 1.94 bits per heavy atom. The summed E-state index contributed by atoms with van der Waals surface area (Å²) in [6.45, 7) is 2.29. The molecule has 3 rings (SSSR count). The molecule has 1 fully saturated rings. The Balaban J connectivity index is 1.94. The third-order valence-electron chi connectivity index (χ3n) is 3.99. The number of likely N-dealkylation sites (tertiary alicyclic amines) is 1. The molecule has 3 nitrogen and oxygen atoms in total. The molecule has 0 aromatic heterocycles. The van der Waals surface area contributed by atoms with Gasteiger partial charge in [0.05, 0.1) is 6.04 Å². The van der Waals surface area contributed by atoms with E-state index in [0.717, 1.165) is 37.2 Å². The largest absolute Gasteiger partial charge is 0.411 e. The van der Waals surface area contributed by atoms with E-state index in [1.165, 1.54) is 18.4 Å². The second kappa shape index (κ2) is 4.49. The quantitative estimate of drug-likeness (QED) is 0.593. The molecule has 1 saturated heterocycles. The van der Waals surface area contributed by atoms with E-state index in [-0.39, 0.29) is 0 Å². The molecular weight excluding hydrogens is 212 g/mol. The van der Waals surface area contributed by atoms with E-state index >= 15 is 0 Å². The van der Waals surface area contributed by atoms with Crippen molar-refractivity contribution in [3.8, 4) is 0 Å². The second-order valence-electron chi connectivity index (χ2n) is 4.94. The zero-order chi connectivity index (χ0) is 11.7. The standard InChI is InChI=1S/C14H18N2O/c17-15-14-12-6-2-1-5-11(12)7-8-13(14)16-9-3-4-10-16/h1-2,5-6,13,17H,3-4,7-10H2. The fraction of sp³-hybridized carbons (Fsp3) is 0.500. The molecule has 1 atom stereocenters. The average molecular weight is 230 g/mol. The summed E-state index contributed by atoms with van der Waals surface area (Å²) in [5.41, 5.74) is 3.32. The normalized spacial score (nSPS) is 27.3. The van der Waals surface area contributed by atoms with Crippen LogP contribution in [0.4, 0.5) is 0 Å². The van der Waals surface area contributed by atoms with Gasteiger partial charge in [-0.25, -0.2) is 0 Å². The second-order valence-corrected chi connectivity index (χ2v) is 4.94. The molecule has 3 heteroatoms. The molecular formula is C14H18N2O. The van der Waals surface area contributed by atoms with Crippen molar-refractivity contribution in [1.82, 2.24) is 4.90 Å². The van der Waals surface area contributed by atoms with Crippen LogP contribution in [0.25, 0.3) is 0 Å². The van der Waals surface area contributed by atoms with Crippen LogP contribution in [0, 0.1) is 0 Å². The van der Waals surface area contributed by atoms with Crippen LogP contribution in [-0.2, 0) is 6.42 Å². The number of benzene rings is 1. The SMILES string of the molecule is ON=C1c2ccccc2CCC1N1CCCC1. The smallest absolute Gasteiger partial charge is 0.104 e. The van der Waals surface area contributed by atoms with E-state index < -0.39 is 0 Å². The van der Waals surface area contributed by atoms with Crippen LogP contribution < -0.4 is 0 Å². The molecule has 0 amide bonds. The van der Waals surface area contributed by atoms with Gasteiger partial charge in [0.1, 0.15) is 5.71 Å². The maximum atomic E-state index is 9.33. The van der Waals surface area contributed by atoms with Crippen molar-refractivity contribution in [2.45, 2.75) is 31.7 Å². The highest BCUT2D eigenvalue weighted by molar-refractivity contribution is 6.06. The maximum Gasteiger partial charge on any atom is 0.104 e. The third kappa shape index (κ3) is 1.84. The topological polar surface area (TPSA) is 35.8 Å². The Hall–Kier alpha value is -1.35. The van der Waals surface area contributed by atoms with Crippen LogP contribution in [0.1, 0.15) is 30.4 Å². The van der Waals surface area contributed by atoms with Crippen molar-refractivity contribution in [2.75, 3.05) is 13.1 Å². The summed E-state index contributed by atoms with van der Waals surface area (Å²) in [7, 11) is 0. The van der Waals surface area contributed by atoms with Gasteiger partial charge in [-0.1, -0.05) is 29.4 Å². The molecule has 1 aliphatic carbocycles. The minimum Gasteiger partial charge on any atom is -0.411 e. The van der Waals surface area contributed by atoms with Crippen LogP contribution in [0.2, 0.25) is 0 Å². The van der Waals surface area contributed by atoms with Crippen molar-refractivity contribution in [3.05, 3.63) is 35.4 Å². The molecule has 0 bridgehead atoms. The number of aryl methyl sites for hydroxylation is 1. The van der Waals surface area contributed by atoms with Crippen LogP contribution in [-0.4, -0.2) is 35.0 Å². The first kappa shape index (κ1) is 10.8. The zero-order valence-corrected chi connectivity index (χ0v) is 9.97. The minimum absolute atomic E-state index is 0.317. The molecule has 0 spiro atoms.